The van der Waals surface area contributed by atoms with Crippen molar-refractivity contribution in [2.24, 2.45) is 0 Å². The zero-order chi connectivity index (χ0) is 17.1. The van der Waals surface area contributed by atoms with Gasteiger partial charge in [-0.25, -0.2) is 4.98 Å². The predicted molar refractivity (Wildman–Crippen MR) is 93.5 cm³/mol. The fourth-order valence-electron chi connectivity index (χ4n) is 2.99. The van der Waals surface area contributed by atoms with Gasteiger partial charge in [0.05, 0.1) is 20.3 Å². The van der Waals surface area contributed by atoms with Gasteiger partial charge < -0.3 is 19.7 Å². The summed E-state index contributed by atoms with van der Waals surface area (Å²) in [4.78, 5) is 19.0. The maximum Gasteiger partial charge on any atom is 0.244 e. The molecule has 1 atom stereocenters. The Bertz CT molecular complexity index is 742. The van der Waals surface area contributed by atoms with Crippen molar-refractivity contribution < 1.29 is 14.3 Å². The highest BCUT2D eigenvalue weighted by atomic mass is 16.5. The summed E-state index contributed by atoms with van der Waals surface area (Å²) in [6.07, 6.45) is 0. The second kappa shape index (κ2) is 7.05. The van der Waals surface area contributed by atoms with E-state index in [-0.39, 0.29) is 11.9 Å². The summed E-state index contributed by atoms with van der Waals surface area (Å²) in [5.74, 6) is 0.815. The number of hydrogen-bond acceptors (Lipinski definition) is 5. The first kappa shape index (κ1) is 16.5. The largest absolute Gasteiger partial charge is 0.494 e. The van der Waals surface area contributed by atoms with Crippen molar-refractivity contribution in [2.75, 3.05) is 38.7 Å². The smallest absolute Gasteiger partial charge is 0.244 e. The van der Waals surface area contributed by atoms with Crippen LogP contribution >= 0.6 is 0 Å². The lowest BCUT2D eigenvalue weighted by atomic mass is 10.1. The van der Waals surface area contributed by atoms with Crippen LogP contribution in [0, 0.1) is 6.92 Å². The van der Waals surface area contributed by atoms with Gasteiger partial charge in [-0.3, -0.25) is 4.79 Å². The van der Waals surface area contributed by atoms with Crippen molar-refractivity contribution >= 4 is 22.5 Å². The van der Waals surface area contributed by atoms with Crippen LogP contribution in [0.15, 0.2) is 24.3 Å². The molecule has 0 spiro atoms. The fourth-order valence-corrected chi connectivity index (χ4v) is 2.99. The maximum absolute atomic E-state index is 12.6. The summed E-state index contributed by atoms with van der Waals surface area (Å²) in [5.41, 5.74) is 2.57. The quantitative estimate of drug-likeness (QED) is 0.932. The lowest BCUT2D eigenvalue weighted by Crippen LogP contribution is -2.47. The number of aromatic nitrogens is 1. The molecular weight excluding hydrogens is 306 g/mol. The molecule has 2 heterocycles. The van der Waals surface area contributed by atoms with Gasteiger partial charge in [0.2, 0.25) is 5.91 Å². The van der Waals surface area contributed by atoms with E-state index >= 15 is 0 Å². The van der Waals surface area contributed by atoms with Crippen LogP contribution in [0.1, 0.15) is 12.6 Å². The van der Waals surface area contributed by atoms with Crippen LogP contribution in [-0.4, -0.2) is 55.2 Å². The Kier molecular flexibility index (Phi) is 4.85. The van der Waals surface area contributed by atoms with Crippen LogP contribution in [0.2, 0.25) is 0 Å². The molecule has 1 amide bonds. The number of ether oxygens (including phenoxy) is 2. The van der Waals surface area contributed by atoms with Crippen LogP contribution in [0.3, 0.4) is 0 Å². The van der Waals surface area contributed by atoms with E-state index in [4.69, 9.17) is 9.47 Å². The van der Waals surface area contributed by atoms with Crippen molar-refractivity contribution in [1.29, 1.82) is 0 Å². The normalized spacial score (nSPS) is 16.0. The van der Waals surface area contributed by atoms with Gasteiger partial charge in [-0.2, -0.15) is 0 Å². The Morgan fingerprint density at radius 2 is 2.12 bits per heavy atom. The molecule has 24 heavy (non-hydrogen) atoms. The molecule has 1 N–H and O–H groups in total. The van der Waals surface area contributed by atoms with Gasteiger partial charge in [-0.05, 0) is 26.0 Å². The molecule has 0 bridgehead atoms. The van der Waals surface area contributed by atoms with E-state index in [9.17, 15) is 4.79 Å². The van der Waals surface area contributed by atoms with Crippen molar-refractivity contribution in [1.82, 2.24) is 9.88 Å². The number of hydrogen-bond donors (Lipinski definition) is 1. The van der Waals surface area contributed by atoms with Crippen LogP contribution in [-0.2, 0) is 9.53 Å². The molecule has 128 valence electrons. The van der Waals surface area contributed by atoms with Gasteiger partial charge >= 0.3 is 0 Å². The zero-order valence-electron chi connectivity index (χ0n) is 14.3. The standard InChI is InChI=1S/C18H23N3O3/c1-12-11-15(14-5-4-6-16(23-3)17(14)19-12)20-13(2)18(22)21-7-9-24-10-8-21/h4-6,11,13H,7-10H2,1-3H3,(H,19,20). The van der Waals surface area contributed by atoms with Crippen molar-refractivity contribution in [3.8, 4) is 5.75 Å². The van der Waals surface area contributed by atoms with Gasteiger partial charge in [0.15, 0.2) is 0 Å². The summed E-state index contributed by atoms with van der Waals surface area (Å²) < 4.78 is 10.7. The molecule has 1 aromatic carbocycles. The van der Waals surface area contributed by atoms with E-state index in [1.807, 2.05) is 43.0 Å². The SMILES string of the molecule is COc1cccc2c(NC(C)C(=O)N3CCOCC3)cc(C)nc12. The molecule has 0 saturated carbocycles. The topological polar surface area (TPSA) is 63.7 Å². The summed E-state index contributed by atoms with van der Waals surface area (Å²) in [6.45, 7) is 6.33. The Labute approximate surface area is 141 Å². The number of para-hydroxylation sites is 1. The lowest BCUT2D eigenvalue weighted by molar-refractivity contribution is -0.135. The minimum absolute atomic E-state index is 0.0869. The van der Waals surface area contributed by atoms with Crippen molar-refractivity contribution in [3.63, 3.8) is 0 Å². The summed E-state index contributed by atoms with van der Waals surface area (Å²) in [6, 6.07) is 7.45. The van der Waals surface area contributed by atoms with Crippen molar-refractivity contribution in [3.05, 3.63) is 30.0 Å². The number of aryl methyl sites for hydroxylation is 1. The first-order chi connectivity index (χ1) is 11.6. The van der Waals surface area contributed by atoms with Crippen LogP contribution in [0.4, 0.5) is 5.69 Å². The van der Waals surface area contributed by atoms with Crippen LogP contribution in [0.5, 0.6) is 5.75 Å². The summed E-state index contributed by atoms with van der Waals surface area (Å²) in [5, 5.41) is 4.29. The number of rotatable bonds is 4. The number of nitrogens with zero attached hydrogens (tertiary/aromatic N) is 2. The highest BCUT2D eigenvalue weighted by Crippen LogP contribution is 2.30. The average molecular weight is 329 g/mol. The van der Waals surface area contributed by atoms with E-state index in [2.05, 4.69) is 10.3 Å². The van der Waals surface area contributed by atoms with Gasteiger partial charge in [-0.1, -0.05) is 12.1 Å². The van der Waals surface area contributed by atoms with Crippen LogP contribution < -0.4 is 10.1 Å². The number of morpholine rings is 1. The fraction of sp³-hybridized carbons (Fsp3) is 0.444. The third-order valence-electron chi connectivity index (χ3n) is 4.22. The molecule has 1 saturated heterocycles. The van der Waals surface area contributed by atoms with E-state index in [0.717, 1.165) is 28.0 Å². The highest BCUT2D eigenvalue weighted by molar-refractivity contribution is 5.96. The first-order valence-electron chi connectivity index (χ1n) is 8.17. The monoisotopic (exact) mass is 329 g/mol. The molecule has 1 fully saturated rings. The molecule has 6 heteroatoms. The van der Waals surface area contributed by atoms with E-state index < -0.39 is 0 Å². The second-order valence-electron chi connectivity index (χ2n) is 5.97. The Morgan fingerprint density at radius 1 is 1.38 bits per heavy atom. The zero-order valence-corrected chi connectivity index (χ0v) is 14.3. The van der Waals surface area contributed by atoms with Gasteiger partial charge in [0, 0.05) is 29.9 Å². The first-order valence-corrected chi connectivity index (χ1v) is 8.17. The van der Waals surface area contributed by atoms with Gasteiger partial charge in [0.1, 0.15) is 17.3 Å². The van der Waals surface area contributed by atoms with E-state index in [1.165, 1.54) is 0 Å². The summed E-state index contributed by atoms with van der Waals surface area (Å²) in [7, 11) is 1.64. The number of pyridine rings is 1. The van der Waals surface area contributed by atoms with Gasteiger partial charge in [-0.15, -0.1) is 0 Å². The number of nitrogens with one attached hydrogen (secondary N) is 1. The summed E-state index contributed by atoms with van der Waals surface area (Å²) >= 11 is 0. The molecule has 1 aliphatic rings. The molecule has 1 unspecified atom stereocenters. The molecule has 6 nitrogen and oxygen atoms in total. The number of methoxy groups -OCH3 is 1. The number of carbonyl (C=O) groups is 1. The number of fused-ring (bicyclic) bond motifs is 1. The molecule has 0 aliphatic carbocycles. The number of anilines is 1. The number of benzene rings is 1. The molecule has 3 rings (SSSR count). The number of carbonyl (C=O) groups excluding carboxylic acids is 1. The Hall–Kier alpha value is -2.34. The third-order valence-corrected chi connectivity index (χ3v) is 4.22. The highest BCUT2D eigenvalue weighted by Gasteiger charge is 2.23. The molecular formula is C18H23N3O3. The van der Waals surface area contributed by atoms with Crippen LogP contribution in [0.25, 0.3) is 10.9 Å². The van der Waals surface area contributed by atoms with Gasteiger partial charge in [0.25, 0.3) is 0 Å². The minimum Gasteiger partial charge on any atom is -0.494 e. The predicted octanol–water partition coefficient (Wildman–Crippen LogP) is 2.21. The third kappa shape index (κ3) is 3.28. The van der Waals surface area contributed by atoms with E-state index in [1.54, 1.807) is 7.11 Å². The number of amides is 1. The Morgan fingerprint density at radius 3 is 2.83 bits per heavy atom. The molecule has 1 aromatic heterocycles. The molecule has 1 aliphatic heterocycles. The van der Waals surface area contributed by atoms with Crippen molar-refractivity contribution in [2.45, 2.75) is 19.9 Å². The average Bonchev–Trinajstić information content (AvgIpc) is 2.61. The van der Waals surface area contributed by atoms with E-state index in [0.29, 0.717) is 26.3 Å². The Balaban J connectivity index is 1.87. The lowest BCUT2D eigenvalue weighted by Gasteiger charge is -2.30. The molecule has 0 radical (unpaired) electrons. The maximum atomic E-state index is 12.6. The second-order valence-corrected chi connectivity index (χ2v) is 5.97. The minimum atomic E-state index is -0.320. The molecule has 2 aromatic rings.